The van der Waals surface area contributed by atoms with Gasteiger partial charge in [-0.15, -0.1) is 11.8 Å². The van der Waals surface area contributed by atoms with Crippen molar-refractivity contribution in [2.75, 3.05) is 105 Å². The van der Waals surface area contributed by atoms with Gasteiger partial charge in [0.25, 0.3) is 0 Å². The molecule has 15 nitrogen and oxygen atoms in total. The van der Waals surface area contributed by atoms with Crippen LogP contribution >= 0.6 is 47.0 Å². The monoisotopic (exact) mass is 998 g/mol. The molecule has 67 heavy (non-hydrogen) atoms. The maximum Gasteiger partial charge on any atom is 0.346 e. The zero-order valence-electron chi connectivity index (χ0n) is 40.0. The molecule has 372 valence electrons. The zero-order chi connectivity index (χ0) is 45.2. The Morgan fingerprint density at radius 3 is 1.45 bits per heavy atom. The van der Waals surface area contributed by atoms with E-state index in [1.165, 1.54) is 50.9 Å². The SMILES string of the molecule is NCSCC1CCN2CCC(CSCC3CCN4CCC(CSCC5CCN6CCC(CSCC7CC[N+]8=C(NC(CNC(=O)C9%10CC%11CC(CC(C%11)C9)C%10)CC8)N7)NC6=N5)N=C4N3)N=C2N1. The van der Waals surface area contributed by atoms with Gasteiger partial charge in [-0.3, -0.25) is 20.0 Å². The van der Waals surface area contributed by atoms with E-state index in [4.69, 9.17) is 20.7 Å². The van der Waals surface area contributed by atoms with E-state index in [2.05, 4.69) is 86.5 Å². The number of rotatable bonds is 18. The summed E-state index contributed by atoms with van der Waals surface area (Å²) in [6, 6.07) is 3.38. The van der Waals surface area contributed by atoms with Crippen molar-refractivity contribution in [2.24, 2.45) is 43.9 Å². The van der Waals surface area contributed by atoms with Crippen LogP contribution in [-0.2, 0) is 4.79 Å². The topological polar surface area (TPSA) is 165 Å². The van der Waals surface area contributed by atoms with Crippen LogP contribution in [0.1, 0.15) is 89.9 Å². The highest BCUT2D eigenvalue weighted by Gasteiger charge is 2.54. The number of aliphatic imine (C=N–C) groups is 3. The Bertz CT molecular complexity index is 1830. The molecular weight excluding hydrogens is 917 g/mol. The fourth-order valence-electron chi connectivity index (χ4n) is 13.7. The van der Waals surface area contributed by atoms with Gasteiger partial charge in [0.1, 0.15) is 0 Å². The van der Waals surface area contributed by atoms with Crippen LogP contribution < -0.4 is 37.6 Å². The first-order valence-electron chi connectivity index (χ1n) is 26.6. The predicted molar refractivity (Wildman–Crippen MR) is 282 cm³/mol. The number of nitrogens with zero attached hydrogens (tertiary/aromatic N) is 7. The molecule has 4 saturated carbocycles. The first-order chi connectivity index (χ1) is 32.9. The highest BCUT2D eigenvalue weighted by Crippen LogP contribution is 2.60. The Morgan fingerprint density at radius 2 is 0.955 bits per heavy atom. The lowest BCUT2D eigenvalue weighted by molar-refractivity contribution is -0.542. The lowest BCUT2D eigenvalue weighted by Gasteiger charge is -2.55. The van der Waals surface area contributed by atoms with Crippen LogP contribution in [0.3, 0.4) is 0 Å². The zero-order valence-corrected chi connectivity index (χ0v) is 43.3. The summed E-state index contributed by atoms with van der Waals surface area (Å²) in [5.74, 6) is 15.7. The number of nitrogens with two attached hydrogens (primary N) is 1. The number of thioether (sulfide) groups is 4. The summed E-state index contributed by atoms with van der Waals surface area (Å²) < 4.78 is 2.49. The maximum absolute atomic E-state index is 13.6. The number of fused-ring (bicyclic) bond motifs is 3. The second-order valence-electron chi connectivity index (χ2n) is 22.2. The summed E-state index contributed by atoms with van der Waals surface area (Å²) in [5, 5.41) is 22.6. The standard InChI is InChI=1S/C48H80N14OS4/c49-31-67-30-42-8-16-62-15-7-41(57-47(62)58-42)29-66-28-40-6-14-61-13-5-39(55-46(61)56-40)27-65-26-38-4-12-60-11-3-37(53-45(60)54-38)25-64-24-36-2-10-59-9-1-35(51-44(59)52-36)23-50-43(63)48-20-32-17-33(21-48)19-34(18-32)22-48/h32-42H,1-31,49H2,(H5,50,51,52,53,54,55,56,57,58,63)/p+1. The Balaban J connectivity index is 0.573. The second kappa shape index (κ2) is 21.7. The first kappa shape index (κ1) is 47.2. The molecule has 12 rings (SSSR count). The molecule has 19 heteroatoms. The third-order valence-corrected chi connectivity index (χ3v) is 21.7. The van der Waals surface area contributed by atoms with Gasteiger partial charge in [0.15, 0.2) is 17.9 Å². The second-order valence-corrected chi connectivity index (χ2v) is 26.5. The smallest absolute Gasteiger partial charge is 0.346 e. The number of guanidine groups is 4. The molecular formula is C48H81N14OS4+. The minimum absolute atomic E-state index is 0.0609. The number of hydrogen-bond donors (Lipinski definition) is 7. The number of nitrogens with one attached hydrogen (secondary N) is 6. The van der Waals surface area contributed by atoms with E-state index in [9.17, 15) is 4.79 Å². The minimum atomic E-state index is -0.0609. The minimum Gasteiger partial charge on any atom is -0.353 e. The van der Waals surface area contributed by atoms with Gasteiger partial charge in [0.2, 0.25) is 5.91 Å². The Kier molecular flexibility index (Phi) is 15.3. The molecule has 4 aliphatic carbocycles. The van der Waals surface area contributed by atoms with Gasteiger partial charge in [-0.1, -0.05) is 0 Å². The van der Waals surface area contributed by atoms with Gasteiger partial charge >= 0.3 is 5.96 Å². The van der Waals surface area contributed by atoms with Gasteiger partial charge in [0, 0.05) is 122 Å². The average molecular weight is 999 g/mol. The van der Waals surface area contributed by atoms with E-state index < -0.39 is 0 Å². The predicted octanol–water partition coefficient (Wildman–Crippen LogP) is 2.64. The van der Waals surface area contributed by atoms with Crippen LogP contribution in [0, 0.1) is 23.2 Å². The summed E-state index contributed by atoms with van der Waals surface area (Å²) in [6.45, 7) is 9.60. The lowest BCUT2D eigenvalue weighted by Crippen LogP contribution is -2.62. The van der Waals surface area contributed by atoms with Crippen LogP contribution in [0.15, 0.2) is 15.0 Å². The molecule has 8 atom stereocenters. The molecule has 8 heterocycles. The molecule has 0 aromatic heterocycles. The Labute approximate surface area is 417 Å². The first-order valence-corrected chi connectivity index (χ1v) is 31.2. The summed E-state index contributed by atoms with van der Waals surface area (Å²) in [7, 11) is 0. The summed E-state index contributed by atoms with van der Waals surface area (Å²) in [5.41, 5.74) is 5.68. The van der Waals surface area contributed by atoms with Crippen molar-refractivity contribution in [1.82, 2.24) is 46.6 Å². The highest BCUT2D eigenvalue weighted by atomic mass is 32.2. The van der Waals surface area contributed by atoms with E-state index in [0.29, 0.717) is 60.1 Å². The van der Waals surface area contributed by atoms with Crippen molar-refractivity contribution < 1.29 is 9.37 Å². The van der Waals surface area contributed by atoms with E-state index in [0.717, 1.165) is 180 Å². The highest BCUT2D eigenvalue weighted by molar-refractivity contribution is 8.00. The third kappa shape index (κ3) is 11.5. The maximum atomic E-state index is 13.6. The number of hydrogen-bond acceptors (Lipinski definition) is 17. The fourth-order valence-corrected chi connectivity index (χ4v) is 17.9. The Hall–Kier alpha value is -2.09. The van der Waals surface area contributed by atoms with Gasteiger partial charge in [-0.05, 0) is 94.8 Å². The van der Waals surface area contributed by atoms with Crippen LogP contribution in [0.25, 0.3) is 0 Å². The number of carbonyl (C=O) groups is 1. The van der Waals surface area contributed by atoms with Crippen LogP contribution in [-0.4, -0.2) is 202 Å². The van der Waals surface area contributed by atoms with E-state index >= 15 is 0 Å². The van der Waals surface area contributed by atoms with Crippen molar-refractivity contribution in [2.45, 2.75) is 138 Å². The van der Waals surface area contributed by atoms with Gasteiger partial charge < -0.3 is 41.7 Å². The van der Waals surface area contributed by atoms with Crippen LogP contribution in [0.2, 0.25) is 0 Å². The molecule has 8 aliphatic heterocycles. The van der Waals surface area contributed by atoms with Crippen molar-refractivity contribution in [3.05, 3.63) is 0 Å². The molecule has 0 aromatic carbocycles. The molecule has 0 spiro atoms. The third-order valence-electron chi connectivity index (χ3n) is 17.1. The van der Waals surface area contributed by atoms with E-state index in [1.807, 2.05) is 11.8 Å². The molecule has 8 N–H and O–H groups in total. The largest absolute Gasteiger partial charge is 0.353 e. The van der Waals surface area contributed by atoms with Crippen LogP contribution in [0.5, 0.6) is 0 Å². The lowest BCUT2D eigenvalue weighted by atomic mass is 9.49. The molecule has 0 radical (unpaired) electrons. The molecule has 1 amide bonds. The van der Waals surface area contributed by atoms with Gasteiger partial charge in [-0.2, -0.15) is 35.3 Å². The van der Waals surface area contributed by atoms with Gasteiger partial charge in [0.05, 0.1) is 49.8 Å². The quantitative estimate of drug-likeness (QED) is 0.0793. The van der Waals surface area contributed by atoms with E-state index in [1.54, 1.807) is 0 Å². The Morgan fingerprint density at radius 1 is 0.552 bits per heavy atom. The molecule has 12 aliphatic rings. The molecule has 4 bridgehead atoms. The van der Waals surface area contributed by atoms with Crippen molar-refractivity contribution >= 4 is 76.8 Å². The number of amides is 1. The van der Waals surface area contributed by atoms with Crippen LogP contribution in [0.4, 0.5) is 0 Å². The molecule has 3 saturated heterocycles. The average Bonchev–Trinajstić information content (AvgIpc) is 3.34. The summed E-state index contributed by atoms with van der Waals surface area (Å²) in [6.07, 6.45) is 16.8. The summed E-state index contributed by atoms with van der Waals surface area (Å²) >= 11 is 8.03. The molecule has 0 aromatic rings. The van der Waals surface area contributed by atoms with Crippen molar-refractivity contribution in [1.29, 1.82) is 0 Å². The summed E-state index contributed by atoms with van der Waals surface area (Å²) in [4.78, 5) is 36.8. The molecule has 7 fully saturated rings. The molecule has 8 unspecified atom stereocenters. The fraction of sp³-hybridized carbons (Fsp3) is 0.896. The van der Waals surface area contributed by atoms with E-state index in [-0.39, 0.29) is 5.41 Å². The van der Waals surface area contributed by atoms with Crippen molar-refractivity contribution in [3.8, 4) is 0 Å². The van der Waals surface area contributed by atoms with Gasteiger partial charge in [-0.25, -0.2) is 15.0 Å². The normalized spacial score (nSPS) is 37.5. The number of carbonyl (C=O) groups excluding carboxylic acids is 1. The van der Waals surface area contributed by atoms with Crippen molar-refractivity contribution in [3.63, 3.8) is 0 Å².